The number of carbonyl (C=O) groups excluding carboxylic acids is 2. The smallest absolute Gasteiger partial charge is 0.269 e. The lowest BCUT2D eigenvalue weighted by Gasteiger charge is -2.06. The number of carbonyl (C=O) groups is 2. The molecule has 0 aliphatic heterocycles. The van der Waals surface area contributed by atoms with Gasteiger partial charge in [-0.1, -0.05) is 25.5 Å². The van der Waals surface area contributed by atoms with E-state index in [2.05, 4.69) is 27.8 Å². The minimum absolute atomic E-state index is 0.0681. The van der Waals surface area contributed by atoms with Gasteiger partial charge in [0.2, 0.25) is 0 Å². The fourth-order valence-electron chi connectivity index (χ4n) is 1.91. The van der Waals surface area contributed by atoms with Crippen LogP contribution in [-0.2, 0) is 6.54 Å². The van der Waals surface area contributed by atoms with E-state index in [0.717, 1.165) is 18.4 Å². The highest BCUT2D eigenvalue weighted by atomic mass is 16.2. The lowest BCUT2D eigenvalue weighted by atomic mass is 10.1. The lowest BCUT2D eigenvalue weighted by Crippen LogP contribution is -2.25. The first-order valence-corrected chi connectivity index (χ1v) is 7.35. The number of H-pyrrole nitrogens is 1. The summed E-state index contributed by atoms with van der Waals surface area (Å²) in [5, 5.41) is 12.0. The summed E-state index contributed by atoms with van der Waals surface area (Å²) in [7, 11) is 0. The number of nitrogens with zero attached hydrogens (tertiary/aromatic N) is 1. The Kier molecular flexibility index (Phi) is 5.71. The fourth-order valence-corrected chi connectivity index (χ4v) is 1.91. The summed E-state index contributed by atoms with van der Waals surface area (Å²) < 4.78 is 0. The Morgan fingerprint density at radius 3 is 2.50 bits per heavy atom. The van der Waals surface area contributed by atoms with Crippen LogP contribution in [0.15, 0.2) is 36.5 Å². The molecule has 0 saturated carbocycles. The van der Waals surface area contributed by atoms with Gasteiger partial charge < -0.3 is 10.6 Å². The topological polar surface area (TPSA) is 86.9 Å². The Bertz CT molecular complexity index is 606. The van der Waals surface area contributed by atoms with Crippen LogP contribution < -0.4 is 10.6 Å². The average molecular weight is 300 g/mol. The Morgan fingerprint density at radius 2 is 1.86 bits per heavy atom. The zero-order valence-corrected chi connectivity index (χ0v) is 12.6. The SMILES string of the molecule is CCCCNC(=O)c1ccc(CNC(=O)c2ccn[nH]2)cc1. The van der Waals surface area contributed by atoms with Gasteiger partial charge in [-0.2, -0.15) is 5.10 Å². The van der Waals surface area contributed by atoms with E-state index >= 15 is 0 Å². The highest BCUT2D eigenvalue weighted by Gasteiger charge is 2.07. The van der Waals surface area contributed by atoms with Crippen LogP contribution in [0.1, 0.15) is 46.2 Å². The first-order valence-electron chi connectivity index (χ1n) is 7.35. The summed E-state index contributed by atoms with van der Waals surface area (Å²) in [6.45, 7) is 3.17. The van der Waals surface area contributed by atoms with Crippen molar-refractivity contribution in [2.24, 2.45) is 0 Å². The normalized spacial score (nSPS) is 10.2. The van der Waals surface area contributed by atoms with Crippen LogP contribution >= 0.6 is 0 Å². The molecule has 2 amide bonds. The van der Waals surface area contributed by atoms with E-state index in [4.69, 9.17) is 0 Å². The Labute approximate surface area is 129 Å². The molecule has 2 rings (SSSR count). The molecule has 0 saturated heterocycles. The summed E-state index contributed by atoms with van der Waals surface area (Å²) in [5.74, 6) is -0.277. The van der Waals surface area contributed by atoms with Gasteiger partial charge in [0.05, 0.1) is 0 Å². The molecule has 6 nitrogen and oxygen atoms in total. The summed E-state index contributed by atoms with van der Waals surface area (Å²) in [6, 6.07) is 8.81. The molecular formula is C16H20N4O2. The average Bonchev–Trinajstić information content (AvgIpc) is 3.08. The van der Waals surface area contributed by atoms with Gasteiger partial charge in [0.1, 0.15) is 5.69 Å². The highest BCUT2D eigenvalue weighted by molar-refractivity contribution is 5.94. The minimum Gasteiger partial charge on any atom is -0.352 e. The zero-order chi connectivity index (χ0) is 15.8. The van der Waals surface area contributed by atoms with Gasteiger partial charge in [-0.25, -0.2) is 0 Å². The van der Waals surface area contributed by atoms with E-state index in [0.29, 0.717) is 24.3 Å². The van der Waals surface area contributed by atoms with Gasteiger partial charge in [-0.3, -0.25) is 14.7 Å². The molecule has 0 atom stereocenters. The number of hydrogen-bond acceptors (Lipinski definition) is 3. The molecule has 3 N–H and O–H groups in total. The molecule has 2 aromatic rings. The molecular weight excluding hydrogens is 280 g/mol. The van der Waals surface area contributed by atoms with Crippen molar-refractivity contribution in [3.8, 4) is 0 Å². The van der Waals surface area contributed by atoms with Crippen molar-refractivity contribution in [3.63, 3.8) is 0 Å². The number of unbranched alkanes of at least 4 members (excludes halogenated alkanes) is 1. The van der Waals surface area contributed by atoms with Gasteiger partial charge in [-0.05, 0) is 30.2 Å². The summed E-state index contributed by atoms with van der Waals surface area (Å²) in [4.78, 5) is 23.6. The van der Waals surface area contributed by atoms with E-state index < -0.39 is 0 Å². The number of rotatable bonds is 7. The van der Waals surface area contributed by atoms with Gasteiger partial charge in [0, 0.05) is 24.8 Å². The predicted octanol–water partition coefficient (Wildman–Crippen LogP) is 1.87. The van der Waals surface area contributed by atoms with Crippen molar-refractivity contribution in [2.45, 2.75) is 26.3 Å². The molecule has 1 heterocycles. The third kappa shape index (κ3) is 4.44. The molecule has 0 bridgehead atoms. The maximum atomic E-state index is 11.9. The van der Waals surface area contributed by atoms with E-state index in [-0.39, 0.29) is 11.8 Å². The van der Waals surface area contributed by atoms with Crippen molar-refractivity contribution in [3.05, 3.63) is 53.3 Å². The molecule has 22 heavy (non-hydrogen) atoms. The molecule has 116 valence electrons. The number of aromatic amines is 1. The molecule has 1 aromatic heterocycles. The Morgan fingerprint density at radius 1 is 1.09 bits per heavy atom. The standard InChI is InChI=1S/C16H20N4O2/c1-2-3-9-17-15(21)13-6-4-12(5-7-13)11-18-16(22)14-8-10-19-20-14/h4-8,10H,2-3,9,11H2,1H3,(H,17,21)(H,18,22)(H,19,20). The molecule has 0 aliphatic rings. The fraction of sp³-hybridized carbons (Fsp3) is 0.312. The van der Waals surface area contributed by atoms with E-state index in [1.807, 2.05) is 12.1 Å². The first-order chi connectivity index (χ1) is 10.7. The Balaban J connectivity index is 1.84. The third-order valence-electron chi connectivity index (χ3n) is 3.23. The van der Waals surface area contributed by atoms with Crippen molar-refractivity contribution in [1.29, 1.82) is 0 Å². The largest absolute Gasteiger partial charge is 0.352 e. The molecule has 6 heteroatoms. The van der Waals surface area contributed by atoms with Crippen LogP contribution in [0.25, 0.3) is 0 Å². The predicted molar refractivity (Wildman–Crippen MR) is 83.4 cm³/mol. The first kappa shape index (κ1) is 15.8. The summed E-state index contributed by atoms with van der Waals surface area (Å²) in [6.07, 6.45) is 3.56. The number of benzene rings is 1. The number of nitrogens with one attached hydrogen (secondary N) is 3. The van der Waals surface area contributed by atoms with Crippen molar-refractivity contribution >= 4 is 11.8 Å². The molecule has 0 fully saturated rings. The molecule has 0 radical (unpaired) electrons. The second kappa shape index (κ2) is 7.97. The molecule has 0 aliphatic carbocycles. The zero-order valence-electron chi connectivity index (χ0n) is 12.6. The quantitative estimate of drug-likeness (QED) is 0.682. The van der Waals surface area contributed by atoms with Crippen LogP contribution in [0, 0.1) is 0 Å². The van der Waals surface area contributed by atoms with E-state index in [1.165, 1.54) is 6.20 Å². The van der Waals surface area contributed by atoms with Crippen LogP contribution in [0.4, 0.5) is 0 Å². The van der Waals surface area contributed by atoms with Crippen LogP contribution in [0.2, 0.25) is 0 Å². The van der Waals surface area contributed by atoms with E-state index in [9.17, 15) is 9.59 Å². The maximum absolute atomic E-state index is 11.9. The van der Waals surface area contributed by atoms with Gasteiger partial charge in [-0.15, -0.1) is 0 Å². The minimum atomic E-state index is -0.209. The van der Waals surface area contributed by atoms with Crippen molar-refractivity contribution in [1.82, 2.24) is 20.8 Å². The summed E-state index contributed by atoms with van der Waals surface area (Å²) >= 11 is 0. The van der Waals surface area contributed by atoms with Crippen LogP contribution in [-0.4, -0.2) is 28.6 Å². The second-order valence-electron chi connectivity index (χ2n) is 4.96. The lowest BCUT2D eigenvalue weighted by molar-refractivity contribution is 0.0939. The maximum Gasteiger partial charge on any atom is 0.269 e. The molecule has 0 unspecified atom stereocenters. The highest BCUT2D eigenvalue weighted by Crippen LogP contribution is 2.05. The molecule has 1 aromatic carbocycles. The van der Waals surface area contributed by atoms with Gasteiger partial charge in [0.15, 0.2) is 0 Å². The van der Waals surface area contributed by atoms with E-state index in [1.54, 1.807) is 18.2 Å². The molecule has 0 spiro atoms. The third-order valence-corrected chi connectivity index (χ3v) is 3.23. The van der Waals surface area contributed by atoms with Crippen molar-refractivity contribution in [2.75, 3.05) is 6.54 Å². The van der Waals surface area contributed by atoms with Crippen molar-refractivity contribution < 1.29 is 9.59 Å². The van der Waals surface area contributed by atoms with Crippen LogP contribution in [0.3, 0.4) is 0 Å². The monoisotopic (exact) mass is 300 g/mol. The number of hydrogen-bond donors (Lipinski definition) is 3. The Hall–Kier alpha value is -2.63. The van der Waals surface area contributed by atoms with Gasteiger partial charge in [0.25, 0.3) is 11.8 Å². The summed E-state index contributed by atoms with van der Waals surface area (Å²) in [5.41, 5.74) is 1.98. The van der Waals surface area contributed by atoms with Gasteiger partial charge >= 0.3 is 0 Å². The number of amides is 2. The van der Waals surface area contributed by atoms with Crippen LogP contribution in [0.5, 0.6) is 0 Å². The second-order valence-corrected chi connectivity index (χ2v) is 4.96. The number of aromatic nitrogens is 2.